The molecule has 8 heteroatoms. The molecule has 4 nitrogen and oxygen atoms in total. The number of benzene rings is 1. The SMILES string of the molecule is CCC.CCC1COCCC1NC1CCC(C(=O)N2CCc3c(F)cc(C(F)(F)F)cc3C2)C1. The summed E-state index contributed by atoms with van der Waals surface area (Å²) in [6, 6.07) is 2.23. The molecule has 1 aliphatic carbocycles. The maximum absolute atomic E-state index is 14.2. The van der Waals surface area contributed by atoms with Gasteiger partial charge in [-0.2, -0.15) is 13.2 Å². The Morgan fingerprint density at radius 1 is 1.18 bits per heavy atom. The predicted octanol–water partition coefficient (Wildman–Crippen LogP) is 5.72. The molecule has 192 valence electrons. The molecule has 3 aliphatic rings. The predicted molar refractivity (Wildman–Crippen MR) is 124 cm³/mol. The topological polar surface area (TPSA) is 41.6 Å². The number of carbonyl (C=O) groups excluding carboxylic acids is 1. The van der Waals surface area contributed by atoms with Crippen molar-refractivity contribution in [2.75, 3.05) is 19.8 Å². The van der Waals surface area contributed by atoms with Crippen molar-refractivity contribution < 1.29 is 27.1 Å². The molecule has 0 radical (unpaired) electrons. The molecular formula is C26H38F4N2O2. The van der Waals surface area contributed by atoms with Crippen molar-refractivity contribution in [1.82, 2.24) is 10.2 Å². The lowest BCUT2D eigenvalue weighted by atomic mass is 9.92. The van der Waals surface area contributed by atoms with Gasteiger partial charge in [0.1, 0.15) is 5.82 Å². The third-order valence-electron chi connectivity index (χ3n) is 7.15. The van der Waals surface area contributed by atoms with E-state index in [0.29, 0.717) is 30.1 Å². The van der Waals surface area contributed by atoms with Gasteiger partial charge in [0.15, 0.2) is 0 Å². The smallest absolute Gasteiger partial charge is 0.381 e. The number of nitrogens with zero attached hydrogens (tertiary/aromatic N) is 1. The van der Waals surface area contributed by atoms with Gasteiger partial charge in [0.25, 0.3) is 0 Å². The van der Waals surface area contributed by atoms with E-state index in [0.717, 1.165) is 51.4 Å². The first-order chi connectivity index (χ1) is 16.2. The number of halogens is 4. The number of amides is 1. The normalized spacial score (nSPS) is 27.1. The first-order valence-corrected chi connectivity index (χ1v) is 12.7. The largest absolute Gasteiger partial charge is 0.416 e. The first kappa shape index (κ1) is 26.9. The maximum Gasteiger partial charge on any atom is 0.416 e. The van der Waals surface area contributed by atoms with E-state index < -0.39 is 17.6 Å². The van der Waals surface area contributed by atoms with Gasteiger partial charge in [0.2, 0.25) is 5.91 Å². The molecule has 0 bridgehead atoms. The van der Waals surface area contributed by atoms with Gasteiger partial charge in [-0.25, -0.2) is 4.39 Å². The van der Waals surface area contributed by atoms with Gasteiger partial charge in [0.05, 0.1) is 12.2 Å². The summed E-state index contributed by atoms with van der Waals surface area (Å²) in [5.41, 5.74) is -0.425. The second-order valence-electron chi connectivity index (χ2n) is 9.82. The van der Waals surface area contributed by atoms with Crippen LogP contribution in [0.3, 0.4) is 0 Å². The fraction of sp³-hybridized carbons (Fsp3) is 0.731. The highest BCUT2D eigenvalue weighted by Gasteiger charge is 2.37. The van der Waals surface area contributed by atoms with Crippen LogP contribution in [0.5, 0.6) is 0 Å². The quantitative estimate of drug-likeness (QED) is 0.554. The standard InChI is InChI=1S/C23H30F4N2O2.C3H8/c1-2-14-13-31-8-6-21(14)28-18-4-3-15(10-18)22(30)29-7-5-19-16(12-29)9-17(11-20(19)24)23(25,26)27;1-3-2/h9,11,14-15,18,21,28H,2-8,10,12-13H2,1H3;3H2,1-2H3. The number of ether oxygens (including phenoxy) is 1. The van der Waals surface area contributed by atoms with E-state index in [1.54, 1.807) is 4.90 Å². The molecule has 2 heterocycles. The second kappa shape index (κ2) is 11.8. The number of rotatable bonds is 4. The highest BCUT2D eigenvalue weighted by atomic mass is 19.4. The second-order valence-corrected chi connectivity index (χ2v) is 9.82. The van der Waals surface area contributed by atoms with Gasteiger partial charge >= 0.3 is 6.18 Å². The Morgan fingerprint density at radius 3 is 2.59 bits per heavy atom. The summed E-state index contributed by atoms with van der Waals surface area (Å²) in [4.78, 5) is 14.7. The molecule has 4 unspecified atom stereocenters. The van der Waals surface area contributed by atoms with E-state index in [4.69, 9.17) is 4.74 Å². The van der Waals surface area contributed by atoms with E-state index in [1.165, 1.54) is 6.42 Å². The number of hydrogen-bond acceptors (Lipinski definition) is 3. The molecule has 1 saturated carbocycles. The zero-order valence-corrected chi connectivity index (χ0v) is 20.5. The van der Waals surface area contributed by atoms with Crippen LogP contribution in [0.25, 0.3) is 0 Å². The van der Waals surface area contributed by atoms with Crippen molar-refractivity contribution in [3.8, 4) is 0 Å². The molecule has 1 aromatic rings. The van der Waals surface area contributed by atoms with Crippen LogP contribution < -0.4 is 5.32 Å². The Morgan fingerprint density at radius 2 is 1.91 bits per heavy atom. The van der Waals surface area contributed by atoms with Crippen LogP contribution in [0.15, 0.2) is 12.1 Å². The van der Waals surface area contributed by atoms with Crippen LogP contribution in [0.2, 0.25) is 0 Å². The summed E-state index contributed by atoms with van der Waals surface area (Å²) in [5.74, 6) is -0.495. The lowest BCUT2D eigenvalue weighted by molar-refractivity contribution is -0.137. The Kier molecular flexibility index (Phi) is 9.38. The summed E-state index contributed by atoms with van der Waals surface area (Å²) in [5, 5.41) is 3.73. The molecule has 1 aromatic carbocycles. The number of carbonyl (C=O) groups is 1. The molecule has 4 rings (SSSR count). The molecule has 0 aromatic heterocycles. The molecule has 1 N–H and O–H groups in total. The number of fused-ring (bicyclic) bond motifs is 1. The average molecular weight is 487 g/mol. The van der Waals surface area contributed by atoms with Crippen LogP contribution in [0.4, 0.5) is 17.6 Å². The Hall–Kier alpha value is -1.67. The van der Waals surface area contributed by atoms with Crippen molar-refractivity contribution in [2.24, 2.45) is 11.8 Å². The van der Waals surface area contributed by atoms with Gasteiger partial charge < -0.3 is 15.0 Å². The summed E-state index contributed by atoms with van der Waals surface area (Å²) in [6.45, 7) is 8.33. The number of hydrogen-bond donors (Lipinski definition) is 1. The lowest BCUT2D eigenvalue weighted by Gasteiger charge is -2.34. The molecule has 4 atom stereocenters. The van der Waals surface area contributed by atoms with Gasteiger partial charge in [-0.15, -0.1) is 0 Å². The minimum Gasteiger partial charge on any atom is -0.381 e. The first-order valence-electron chi connectivity index (χ1n) is 12.7. The summed E-state index contributed by atoms with van der Waals surface area (Å²) < 4.78 is 59.0. The highest BCUT2D eigenvalue weighted by Crippen LogP contribution is 2.35. The van der Waals surface area contributed by atoms with Gasteiger partial charge in [-0.3, -0.25) is 4.79 Å². The van der Waals surface area contributed by atoms with Crippen molar-refractivity contribution in [3.63, 3.8) is 0 Å². The molecular weight excluding hydrogens is 448 g/mol. The molecule has 1 amide bonds. The van der Waals surface area contributed by atoms with E-state index in [2.05, 4.69) is 26.1 Å². The van der Waals surface area contributed by atoms with Gasteiger partial charge in [-0.05, 0) is 67.7 Å². The van der Waals surface area contributed by atoms with Crippen molar-refractivity contribution in [3.05, 3.63) is 34.6 Å². The molecule has 34 heavy (non-hydrogen) atoms. The average Bonchev–Trinajstić information content (AvgIpc) is 3.27. The monoisotopic (exact) mass is 486 g/mol. The van der Waals surface area contributed by atoms with Crippen molar-refractivity contribution in [2.45, 2.75) is 90.5 Å². The minimum atomic E-state index is -4.60. The van der Waals surface area contributed by atoms with Crippen molar-refractivity contribution in [1.29, 1.82) is 0 Å². The number of alkyl halides is 3. The third kappa shape index (κ3) is 6.51. The Labute approximate surface area is 200 Å². The zero-order chi connectivity index (χ0) is 24.9. The number of nitrogens with one attached hydrogen (secondary N) is 1. The maximum atomic E-state index is 14.2. The van der Waals surface area contributed by atoms with Gasteiger partial charge in [-0.1, -0.05) is 27.2 Å². The minimum absolute atomic E-state index is 0.0215. The van der Waals surface area contributed by atoms with Gasteiger partial charge in [0, 0.05) is 37.7 Å². The van der Waals surface area contributed by atoms with Crippen LogP contribution in [0.1, 0.15) is 76.0 Å². The molecule has 2 aliphatic heterocycles. The molecule has 0 spiro atoms. The summed E-state index contributed by atoms with van der Waals surface area (Å²) in [7, 11) is 0. The van der Waals surface area contributed by atoms with E-state index in [-0.39, 0.29) is 36.4 Å². The zero-order valence-electron chi connectivity index (χ0n) is 20.5. The van der Waals surface area contributed by atoms with Crippen molar-refractivity contribution >= 4 is 5.91 Å². The van der Waals surface area contributed by atoms with E-state index in [9.17, 15) is 22.4 Å². The third-order valence-corrected chi connectivity index (χ3v) is 7.15. The van der Waals surface area contributed by atoms with E-state index >= 15 is 0 Å². The van der Waals surface area contributed by atoms with Crippen LogP contribution in [-0.4, -0.2) is 42.6 Å². The summed E-state index contributed by atoms with van der Waals surface area (Å²) in [6.07, 6.45) is 1.36. The Balaban J connectivity index is 0.00000103. The molecule has 1 saturated heterocycles. The fourth-order valence-corrected chi connectivity index (χ4v) is 5.33. The van der Waals surface area contributed by atoms with E-state index in [1.807, 2.05) is 0 Å². The van der Waals surface area contributed by atoms with Crippen LogP contribution in [0, 0.1) is 17.7 Å². The lowest BCUT2D eigenvalue weighted by Crippen LogP contribution is -2.46. The summed E-state index contributed by atoms with van der Waals surface area (Å²) >= 11 is 0. The van der Waals surface area contributed by atoms with Crippen LogP contribution >= 0.6 is 0 Å². The fourth-order valence-electron chi connectivity index (χ4n) is 5.33. The molecule has 2 fully saturated rings. The highest BCUT2D eigenvalue weighted by molar-refractivity contribution is 5.79. The Bertz CT molecular complexity index is 830. The van der Waals surface area contributed by atoms with Crippen LogP contribution in [-0.2, 0) is 28.7 Å².